The number of aromatic nitrogens is 1. The van der Waals surface area contributed by atoms with Crippen LogP contribution in [0.2, 0.25) is 0 Å². The topological polar surface area (TPSA) is 30.0 Å². The Balaban J connectivity index is 3.13. The molecule has 0 N–H and O–H groups in total. The number of hydrogen-bond donors (Lipinski definition) is 0. The minimum Gasteiger partial charge on any atom is -0.288 e. The number of carbonyl (C=O) groups is 1. The summed E-state index contributed by atoms with van der Waals surface area (Å²) in [4.78, 5) is 13.8. The maximum absolute atomic E-state index is 12.7. The molecule has 0 atom stereocenters. The maximum atomic E-state index is 12.7. The van der Waals surface area contributed by atoms with Crippen LogP contribution in [0.3, 0.4) is 0 Å². The van der Waals surface area contributed by atoms with Crippen molar-refractivity contribution in [2.45, 2.75) is 6.43 Å². The van der Waals surface area contributed by atoms with Crippen molar-refractivity contribution in [1.29, 1.82) is 0 Å². The van der Waals surface area contributed by atoms with Crippen LogP contribution in [0.25, 0.3) is 0 Å². The predicted molar refractivity (Wildman–Crippen MR) is 42.2 cm³/mol. The molecule has 13 heavy (non-hydrogen) atoms. The van der Waals surface area contributed by atoms with Crippen LogP contribution in [0, 0.1) is 5.95 Å². The van der Waals surface area contributed by atoms with E-state index in [9.17, 15) is 18.0 Å². The number of carbonyl (C=O) groups excluding carboxylic acids is 1. The Morgan fingerprint density at radius 3 is 2.69 bits per heavy atom. The highest BCUT2D eigenvalue weighted by atomic mass is 79.9. The first-order chi connectivity index (χ1) is 6.02. The predicted octanol–water partition coefficient (Wildman–Crippen LogP) is 2.43. The Hall–Kier alpha value is -0.910. The fourth-order valence-electron chi connectivity index (χ4n) is 0.713. The lowest BCUT2D eigenvalue weighted by Gasteiger charge is -2.00. The molecule has 1 aromatic heterocycles. The summed E-state index contributed by atoms with van der Waals surface area (Å²) in [6.45, 7) is 0. The number of hydrogen-bond acceptors (Lipinski definition) is 2. The number of pyridine rings is 1. The Kier molecular flexibility index (Phi) is 3.02. The van der Waals surface area contributed by atoms with Crippen molar-refractivity contribution in [3.63, 3.8) is 0 Å². The normalized spacial score (nSPS) is 10.5. The zero-order chi connectivity index (χ0) is 10.0. The summed E-state index contributed by atoms with van der Waals surface area (Å²) >= 11 is 2.89. The summed E-state index contributed by atoms with van der Waals surface area (Å²) in [5.41, 5.74) is -0.704. The second-order valence-electron chi connectivity index (χ2n) is 2.16. The fraction of sp³-hybridized carbons (Fsp3) is 0.143. The number of nitrogens with zero attached hydrogens (tertiary/aromatic N) is 1. The molecule has 0 aliphatic heterocycles. The molecule has 1 heterocycles. The van der Waals surface area contributed by atoms with Gasteiger partial charge in [-0.15, -0.1) is 0 Å². The van der Waals surface area contributed by atoms with Gasteiger partial charge in [-0.1, -0.05) is 0 Å². The lowest BCUT2D eigenvalue weighted by Crippen LogP contribution is -2.13. The van der Waals surface area contributed by atoms with Crippen LogP contribution >= 0.6 is 15.9 Å². The molecule has 0 amide bonds. The number of halogens is 4. The molecule has 1 rings (SSSR count). The molecule has 1 aromatic rings. The van der Waals surface area contributed by atoms with Gasteiger partial charge >= 0.3 is 6.43 Å². The monoisotopic (exact) mass is 253 g/mol. The zero-order valence-electron chi connectivity index (χ0n) is 6.10. The third-order valence-corrected chi connectivity index (χ3v) is 1.70. The van der Waals surface area contributed by atoms with Crippen molar-refractivity contribution in [3.8, 4) is 0 Å². The molecule has 0 unspecified atom stereocenters. The standard InChI is InChI=1S/C7H3BrF3NO/c8-3-1-4(5(13)6(9)10)7(11)12-2-3/h1-2,6H. The lowest BCUT2D eigenvalue weighted by atomic mass is 10.2. The second-order valence-corrected chi connectivity index (χ2v) is 3.07. The highest BCUT2D eigenvalue weighted by Gasteiger charge is 2.22. The molecule has 0 saturated heterocycles. The summed E-state index contributed by atoms with van der Waals surface area (Å²) in [5.74, 6) is -2.75. The second kappa shape index (κ2) is 3.87. The van der Waals surface area contributed by atoms with E-state index < -0.39 is 23.7 Å². The van der Waals surface area contributed by atoms with Gasteiger partial charge < -0.3 is 0 Å². The van der Waals surface area contributed by atoms with Crippen molar-refractivity contribution in [2.24, 2.45) is 0 Å². The van der Waals surface area contributed by atoms with Crippen molar-refractivity contribution >= 4 is 21.7 Å². The van der Waals surface area contributed by atoms with E-state index in [1.54, 1.807) is 0 Å². The van der Waals surface area contributed by atoms with Gasteiger partial charge in [-0.05, 0) is 22.0 Å². The van der Waals surface area contributed by atoms with E-state index in [2.05, 4.69) is 20.9 Å². The van der Waals surface area contributed by atoms with Gasteiger partial charge in [0, 0.05) is 10.7 Å². The Morgan fingerprint density at radius 2 is 2.15 bits per heavy atom. The lowest BCUT2D eigenvalue weighted by molar-refractivity contribution is 0.0673. The van der Waals surface area contributed by atoms with E-state index in [0.717, 1.165) is 12.3 Å². The molecule has 0 saturated carbocycles. The van der Waals surface area contributed by atoms with Crippen molar-refractivity contribution in [2.75, 3.05) is 0 Å². The molecular formula is C7H3BrF3NO. The van der Waals surface area contributed by atoms with Crippen LogP contribution in [0.4, 0.5) is 13.2 Å². The summed E-state index contributed by atoms with van der Waals surface area (Å²) in [6.07, 6.45) is -2.14. The highest BCUT2D eigenvalue weighted by Crippen LogP contribution is 2.15. The molecule has 0 aromatic carbocycles. The van der Waals surface area contributed by atoms with Crippen LogP contribution in [-0.4, -0.2) is 17.2 Å². The Morgan fingerprint density at radius 1 is 1.54 bits per heavy atom. The molecule has 0 aliphatic carbocycles. The molecule has 0 aliphatic rings. The largest absolute Gasteiger partial charge is 0.300 e. The van der Waals surface area contributed by atoms with Crippen LogP contribution in [0.5, 0.6) is 0 Å². The summed E-state index contributed by atoms with van der Waals surface area (Å²) in [6, 6.07) is 0.969. The van der Waals surface area contributed by atoms with Gasteiger partial charge in [0.1, 0.15) is 0 Å². The summed E-state index contributed by atoms with van der Waals surface area (Å²) < 4.78 is 36.7. The highest BCUT2D eigenvalue weighted by molar-refractivity contribution is 9.10. The van der Waals surface area contributed by atoms with E-state index in [0.29, 0.717) is 0 Å². The van der Waals surface area contributed by atoms with Crippen molar-refractivity contribution in [1.82, 2.24) is 4.98 Å². The van der Waals surface area contributed by atoms with Gasteiger partial charge in [0.2, 0.25) is 11.7 Å². The summed E-state index contributed by atoms with van der Waals surface area (Å²) in [5, 5.41) is 0. The van der Waals surface area contributed by atoms with Gasteiger partial charge in [0.15, 0.2) is 0 Å². The first-order valence-electron chi connectivity index (χ1n) is 3.16. The molecule has 0 bridgehead atoms. The van der Waals surface area contributed by atoms with E-state index in [-0.39, 0.29) is 4.47 Å². The van der Waals surface area contributed by atoms with E-state index in [1.807, 2.05) is 0 Å². The third-order valence-electron chi connectivity index (χ3n) is 1.27. The van der Waals surface area contributed by atoms with E-state index in [4.69, 9.17) is 0 Å². The maximum Gasteiger partial charge on any atom is 0.300 e. The summed E-state index contributed by atoms with van der Waals surface area (Å²) in [7, 11) is 0. The number of ketones is 1. The average Bonchev–Trinajstić information content (AvgIpc) is 2.08. The first kappa shape index (κ1) is 10.2. The van der Waals surface area contributed by atoms with Gasteiger partial charge in [0.05, 0.1) is 5.56 Å². The zero-order valence-corrected chi connectivity index (χ0v) is 7.69. The Labute approximate surface area is 79.9 Å². The molecule has 6 heteroatoms. The minimum absolute atomic E-state index is 0.276. The number of rotatable bonds is 2. The van der Waals surface area contributed by atoms with Crippen LogP contribution in [0.15, 0.2) is 16.7 Å². The minimum atomic E-state index is -3.22. The number of Topliss-reactive ketones (excluding diaryl/α,β-unsaturated/α-hetero) is 1. The van der Waals surface area contributed by atoms with E-state index >= 15 is 0 Å². The quantitative estimate of drug-likeness (QED) is 0.599. The fourth-order valence-corrected chi connectivity index (χ4v) is 1.04. The third kappa shape index (κ3) is 2.27. The number of alkyl halides is 2. The molecule has 70 valence electrons. The van der Waals surface area contributed by atoms with Crippen LogP contribution < -0.4 is 0 Å². The van der Waals surface area contributed by atoms with Crippen LogP contribution in [0.1, 0.15) is 10.4 Å². The van der Waals surface area contributed by atoms with Gasteiger partial charge in [-0.2, -0.15) is 4.39 Å². The smallest absolute Gasteiger partial charge is 0.288 e. The first-order valence-corrected chi connectivity index (χ1v) is 3.95. The van der Waals surface area contributed by atoms with Gasteiger partial charge in [-0.3, -0.25) is 4.79 Å². The van der Waals surface area contributed by atoms with E-state index in [1.165, 1.54) is 0 Å². The van der Waals surface area contributed by atoms with Crippen molar-refractivity contribution < 1.29 is 18.0 Å². The molecule has 0 radical (unpaired) electrons. The Bertz CT molecular complexity index is 343. The van der Waals surface area contributed by atoms with Crippen molar-refractivity contribution in [3.05, 3.63) is 28.2 Å². The molecule has 2 nitrogen and oxygen atoms in total. The molecule has 0 spiro atoms. The molecular weight excluding hydrogens is 251 g/mol. The van der Waals surface area contributed by atoms with Gasteiger partial charge in [-0.25, -0.2) is 13.8 Å². The van der Waals surface area contributed by atoms with Crippen LogP contribution in [-0.2, 0) is 0 Å². The SMILES string of the molecule is O=C(c1cc(Br)cnc1F)C(F)F. The van der Waals surface area contributed by atoms with Gasteiger partial charge in [0.25, 0.3) is 0 Å². The molecule has 0 fully saturated rings. The average molecular weight is 254 g/mol.